The summed E-state index contributed by atoms with van der Waals surface area (Å²) in [7, 11) is -0.869. The van der Waals surface area contributed by atoms with Crippen molar-refractivity contribution in [3.8, 4) is 11.5 Å². The lowest BCUT2D eigenvalue weighted by Crippen LogP contribution is -2.43. The fourth-order valence-corrected chi connectivity index (χ4v) is 5.92. The van der Waals surface area contributed by atoms with Gasteiger partial charge in [0.05, 0.1) is 38.3 Å². The minimum Gasteiger partial charge on any atom is -0.493 e. The lowest BCUT2D eigenvalue weighted by molar-refractivity contribution is 0.321. The molecule has 1 saturated carbocycles. The fraction of sp³-hybridized carbons (Fsp3) is 0.524. The van der Waals surface area contributed by atoms with Gasteiger partial charge >= 0.3 is 0 Å². The van der Waals surface area contributed by atoms with Crippen LogP contribution in [0.1, 0.15) is 49.5 Å². The number of fused-ring (bicyclic) bond motifs is 2. The Morgan fingerprint density at radius 3 is 2.55 bits per heavy atom. The Kier molecular flexibility index (Phi) is 5.04. The van der Waals surface area contributed by atoms with Crippen molar-refractivity contribution in [2.75, 3.05) is 26.1 Å². The molecule has 5 rings (SSSR count). The summed E-state index contributed by atoms with van der Waals surface area (Å²) in [5, 5.41) is 3.18. The molecule has 3 heterocycles. The third-order valence-corrected chi connectivity index (χ3v) is 7.71. The second-order valence-corrected chi connectivity index (χ2v) is 9.81. The van der Waals surface area contributed by atoms with Crippen LogP contribution in [0.3, 0.4) is 0 Å². The smallest absolute Gasteiger partial charge is 0.287 e. The number of ether oxygens (including phenoxy) is 2. The van der Waals surface area contributed by atoms with E-state index in [2.05, 4.69) is 14.3 Å². The van der Waals surface area contributed by atoms with Gasteiger partial charge in [0.1, 0.15) is 10.7 Å². The number of hydrogen-bond acceptors (Lipinski definition) is 7. The molecule has 1 aliphatic carbocycles. The van der Waals surface area contributed by atoms with Crippen LogP contribution in [-0.4, -0.2) is 49.6 Å². The molecule has 1 fully saturated rings. The highest BCUT2D eigenvalue weighted by Gasteiger charge is 2.32. The Bertz CT molecular complexity index is 1130. The summed E-state index contributed by atoms with van der Waals surface area (Å²) >= 11 is 0. The molecule has 10 heteroatoms. The molecule has 0 saturated heterocycles. The minimum atomic E-state index is -3.86. The number of rotatable bonds is 3. The van der Waals surface area contributed by atoms with E-state index in [4.69, 9.17) is 14.5 Å². The Balaban J connectivity index is 1.42. The Morgan fingerprint density at radius 1 is 1.06 bits per heavy atom. The molecular formula is C21H27N5O4S. The first-order valence-corrected chi connectivity index (χ1v) is 12.1. The molecule has 0 bridgehead atoms. The van der Waals surface area contributed by atoms with E-state index in [1.807, 2.05) is 11.1 Å². The lowest BCUT2D eigenvalue weighted by atomic mass is 9.88. The Morgan fingerprint density at radius 2 is 1.81 bits per heavy atom. The first-order valence-electron chi connectivity index (χ1n) is 10.7. The third-order valence-electron chi connectivity index (χ3n) is 6.40. The van der Waals surface area contributed by atoms with Crippen molar-refractivity contribution in [3.05, 3.63) is 29.8 Å². The van der Waals surface area contributed by atoms with Crippen molar-refractivity contribution >= 4 is 21.7 Å². The second-order valence-electron chi connectivity index (χ2n) is 8.23. The standard InChI is InChI=1S/C21H27N5O4S/c1-29-17-10-16-19(11-18(17)30-2)31(27,28)24-21(23-16)25-8-9-26-15(13-25)12-22-20(26)14-6-4-3-5-7-14/h10-12,14H,3-9,13H2,1-2H3,(H,23,24). The predicted molar refractivity (Wildman–Crippen MR) is 116 cm³/mol. The average Bonchev–Trinajstić information content (AvgIpc) is 3.21. The fourth-order valence-electron chi connectivity index (χ4n) is 4.79. The van der Waals surface area contributed by atoms with Gasteiger partial charge in [-0.05, 0) is 12.8 Å². The Labute approximate surface area is 182 Å². The predicted octanol–water partition coefficient (Wildman–Crippen LogP) is 2.93. The van der Waals surface area contributed by atoms with Gasteiger partial charge in [0.2, 0.25) is 5.96 Å². The number of nitrogens with one attached hydrogen (secondary N) is 1. The van der Waals surface area contributed by atoms with Gasteiger partial charge in [-0.1, -0.05) is 19.3 Å². The third kappa shape index (κ3) is 3.52. The quantitative estimate of drug-likeness (QED) is 0.776. The molecule has 3 aliphatic rings. The van der Waals surface area contributed by atoms with E-state index in [-0.39, 0.29) is 4.90 Å². The van der Waals surface area contributed by atoms with Crippen LogP contribution in [0.2, 0.25) is 0 Å². The topological polar surface area (TPSA) is 98.0 Å². The van der Waals surface area contributed by atoms with Crippen molar-refractivity contribution in [3.63, 3.8) is 0 Å². The van der Waals surface area contributed by atoms with Gasteiger partial charge in [-0.25, -0.2) is 4.98 Å². The summed E-state index contributed by atoms with van der Waals surface area (Å²) < 4.78 is 42.7. The highest BCUT2D eigenvalue weighted by Crippen LogP contribution is 2.39. The van der Waals surface area contributed by atoms with Crippen LogP contribution < -0.4 is 14.8 Å². The molecule has 0 amide bonds. The molecule has 2 aromatic rings. The maximum absolute atomic E-state index is 12.9. The average molecular weight is 446 g/mol. The maximum atomic E-state index is 12.9. The van der Waals surface area contributed by atoms with Crippen LogP contribution in [0, 0.1) is 0 Å². The number of imidazole rings is 1. The molecule has 166 valence electrons. The van der Waals surface area contributed by atoms with E-state index >= 15 is 0 Å². The normalized spacial score (nSPS) is 20.3. The number of sulfonamides is 1. The summed E-state index contributed by atoms with van der Waals surface area (Å²) in [6, 6.07) is 3.08. The lowest BCUT2D eigenvalue weighted by Gasteiger charge is -2.34. The van der Waals surface area contributed by atoms with Crippen molar-refractivity contribution in [2.45, 2.75) is 56.0 Å². The zero-order valence-corrected chi connectivity index (χ0v) is 18.6. The summed E-state index contributed by atoms with van der Waals surface area (Å²) in [4.78, 5) is 6.77. The summed E-state index contributed by atoms with van der Waals surface area (Å²) in [5.41, 5.74) is 1.52. The number of hydrogen-bond donors (Lipinski definition) is 1. The molecule has 31 heavy (non-hydrogen) atoms. The SMILES string of the molecule is COc1cc2c(cc1OC)S(=O)(=O)N=C(N1CCn3c(cnc3C3CCCCC3)C1)N2. The van der Waals surface area contributed by atoms with Crippen molar-refractivity contribution in [1.29, 1.82) is 0 Å². The largest absolute Gasteiger partial charge is 0.493 e. The highest BCUT2D eigenvalue weighted by molar-refractivity contribution is 7.90. The van der Waals surface area contributed by atoms with E-state index in [0.29, 0.717) is 42.2 Å². The zero-order chi connectivity index (χ0) is 21.6. The molecule has 1 aromatic heterocycles. The van der Waals surface area contributed by atoms with Gasteiger partial charge in [-0.3, -0.25) is 0 Å². The molecule has 2 aliphatic heterocycles. The van der Waals surface area contributed by atoms with E-state index in [0.717, 1.165) is 12.2 Å². The minimum absolute atomic E-state index is 0.0792. The van der Waals surface area contributed by atoms with Gasteiger partial charge in [0.15, 0.2) is 11.5 Å². The summed E-state index contributed by atoms with van der Waals surface area (Å²) in [6.45, 7) is 1.98. The summed E-state index contributed by atoms with van der Waals surface area (Å²) in [5.74, 6) is 2.85. The van der Waals surface area contributed by atoms with E-state index in [1.54, 1.807) is 6.07 Å². The van der Waals surface area contributed by atoms with Gasteiger partial charge < -0.3 is 24.3 Å². The summed E-state index contributed by atoms with van der Waals surface area (Å²) in [6.07, 6.45) is 8.19. The number of guanidine groups is 1. The van der Waals surface area contributed by atoms with Crippen molar-refractivity contribution < 1.29 is 17.9 Å². The van der Waals surface area contributed by atoms with E-state index in [9.17, 15) is 8.42 Å². The van der Waals surface area contributed by atoms with Gasteiger partial charge in [-0.2, -0.15) is 8.42 Å². The molecule has 0 atom stereocenters. The van der Waals surface area contributed by atoms with Gasteiger partial charge in [0, 0.05) is 31.1 Å². The first kappa shape index (κ1) is 20.2. The Hall–Kier alpha value is -2.75. The highest BCUT2D eigenvalue weighted by atomic mass is 32.2. The van der Waals surface area contributed by atoms with E-state index < -0.39 is 10.0 Å². The van der Waals surface area contributed by atoms with Gasteiger partial charge in [-0.15, -0.1) is 4.40 Å². The number of methoxy groups -OCH3 is 2. The van der Waals surface area contributed by atoms with Crippen molar-refractivity contribution in [1.82, 2.24) is 14.5 Å². The van der Waals surface area contributed by atoms with Crippen LogP contribution in [0.25, 0.3) is 0 Å². The molecular weight excluding hydrogens is 418 g/mol. The molecule has 9 nitrogen and oxygen atoms in total. The van der Waals surface area contributed by atoms with Crippen LogP contribution in [0.5, 0.6) is 11.5 Å². The molecule has 1 N–H and O–H groups in total. The molecule has 1 aromatic carbocycles. The second kappa shape index (κ2) is 7.74. The van der Waals surface area contributed by atoms with E-state index in [1.165, 1.54) is 58.2 Å². The van der Waals surface area contributed by atoms with Crippen LogP contribution >= 0.6 is 0 Å². The zero-order valence-electron chi connectivity index (χ0n) is 17.8. The van der Waals surface area contributed by atoms with Crippen molar-refractivity contribution in [2.24, 2.45) is 4.40 Å². The number of anilines is 1. The van der Waals surface area contributed by atoms with Gasteiger partial charge in [0.25, 0.3) is 10.0 Å². The van der Waals surface area contributed by atoms with Crippen LogP contribution in [-0.2, 0) is 23.1 Å². The number of benzene rings is 1. The molecule has 0 spiro atoms. The molecule has 0 unspecified atom stereocenters. The molecule has 0 radical (unpaired) electrons. The first-order chi connectivity index (χ1) is 15.0. The number of nitrogens with zero attached hydrogens (tertiary/aromatic N) is 4. The maximum Gasteiger partial charge on any atom is 0.287 e. The number of aromatic nitrogens is 2. The monoisotopic (exact) mass is 445 g/mol. The van der Waals surface area contributed by atoms with Crippen LogP contribution in [0.15, 0.2) is 27.6 Å². The van der Waals surface area contributed by atoms with Crippen LogP contribution in [0.4, 0.5) is 5.69 Å².